The lowest BCUT2D eigenvalue weighted by Crippen LogP contribution is -2.50. The van der Waals surface area contributed by atoms with E-state index in [0.29, 0.717) is 17.9 Å². The lowest BCUT2D eigenvalue weighted by molar-refractivity contribution is -0.138. The molecule has 112 valence electrons. The van der Waals surface area contributed by atoms with Gasteiger partial charge in [0.25, 0.3) is 0 Å². The molecule has 0 aromatic heterocycles. The number of carbonyl (C=O) groups excluding carboxylic acids is 1. The Morgan fingerprint density at radius 2 is 2.14 bits per heavy atom. The van der Waals surface area contributed by atoms with Crippen molar-refractivity contribution in [3.63, 3.8) is 0 Å². The summed E-state index contributed by atoms with van der Waals surface area (Å²) in [5.74, 6) is 0.340. The molecule has 21 heavy (non-hydrogen) atoms. The number of fused-ring (bicyclic) bond motifs is 2. The van der Waals surface area contributed by atoms with E-state index in [4.69, 9.17) is 9.47 Å². The monoisotopic (exact) mass is 288 g/mol. The van der Waals surface area contributed by atoms with Crippen molar-refractivity contribution in [3.8, 4) is 0 Å². The van der Waals surface area contributed by atoms with E-state index in [-0.39, 0.29) is 18.2 Å². The number of rotatable bonds is 3. The van der Waals surface area contributed by atoms with E-state index in [1.54, 1.807) is 0 Å². The van der Waals surface area contributed by atoms with Gasteiger partial charge in [0.05, 0.1) is 18.0 Å². The number of hydrogen-bond donors (Lipinski definition) is 1. The fourth-order valence-corrected chi connectivity index (χ4v) is 3.04. The van der Waals surface area contributed by atoms with Gasteiger partial charge in [0.15, 0.2) is 6.23 Å². The summed E-state index contributed by atoms with van der Waals surface area (Å²) in [5.41, 5.74) is 2.70. The van der Waals surface area contributed by atoms with Crippen molar-refractivity contribution >= 4 is 17.3 Å². The minimum atomic E-state index is -0.301. The van der Waals surface area contributed by atoms with Crippen molar-refractivity contribution in [2.24, 2.45) is 0 Å². The third-order valence-electron chi connectivity index (χ3n) is 3.94. The van der Waals surface area contributed by atoms with Crippen molar-refractivity contribution < 1.29 is 14.3 Å². The number of hydrogen-bond acceptors (Lipinski definition) is 5. The van der Waals surface area contributed by atoms with Crippen LogP contribution in [0.3, 0.4) is 0 Å². The van der Waals surface area contributed by atoms with Gasteiger partial charge in [0, 0.05) is 6.54 Å². The first-order valence-corrected chi connectivity index (χ1v) is 7.34. The molecule has 2 aliphatic rings. The maximum Gasteiger partial charge on any atom is 0.339 e. The van der Waals surface area contributed by atoms with E-state index in [2.05, 4.69) is 23.2 Å². The van der Waals surface area contributed by atoms with Crippen molar-refractivity contribution in [2.45, 2.75) is 33.0 Å². The summed E-state index contributed by atoms with van der Waals surface area (Å²) in [6, 6.07) is 7.87. The van der Waals surface area contributed by atoms with Crippen molar-refractivity contribution in [3.05, 3.63) is 35.6 Å². The van der Waals surface area contributed by atoms with Gasteiger partial charge in [0.2, 0.25) is 0 Å². The Morgan fingerprint density at radius 3 is 2.86 bits per heavy atom. The van der Waals surface area contributed by atoms with Crippen LogP contribution in [-0.4, -0.2) is 31.4 Å². The van der Waals surface area contributed by atoms with Gasteiger partial charge in [-0.15, -0.1) is 0 Å². The molecule has 0 unspecified atom stereocenters. The minimum Gasteiger partial charge on any atom is -0.472 e. The fourth-order valence-electron chi connectivity index (χ4n) is 3.04. The molecule has 1 aromatic carbocycles. The van der Waals surface area contributed by atoms with Crippen LogP contribution in [-0.2, 0) is 14.3 Å². The zero-order chi connectivity index (χ0) is 15.0. The lowest BCUT2D eigenvalue weighted by atomic mass is 10.0. The van der Waals surface area contributed by atoms with E-state index in [0.717, 1.165) is 17.9 Å². The molecule has 1 N–H and O–H groups in total. The van der Waals surface area contributed by atoms with Crippen molar-refractivity contribution in [1.29, 1.82) is 0 Å². The standard InChI is InChI=1S/C16H20N2O3/c1-4-18-12-9-7-6-8-11(12)17-14-13(16(19)20-5-2)10(3)21-15(14)18/h6-9,14-15,17H,4-5H2,1-3H3/t14-,15+/m1/s1. The number of ether oxygens (including phenoxy) is 2. The average molecular weight is 288 g/mol. The van der Waals surface area contributed by atoms with E-state index in [9.17, 15) is 4.79 Å². The minimum absolute atomic E-state index is 0.195. The van der Waals surface area contributed by atoms with Crippen LogP contribution in [0.5, 0.6) is 0 Å². The second-order valence-corrected chi connectivity index (χ2v) is 5.12. The van der Waals surface area contributed by atoms with Crippen LogP contribution < -0.4 is 10.2 Å². The van der Waals surface area contributed by atoms with E-state index in [1.165, 1.54) is 0 Å². The predicted molar refractivity (Wildman–Crippen MR) is 81.1 cm³/mol. The van der Waals surface area contributed by atoms with Crippen LogP contribution in [0.2, 0.25) is 0 Å². The van der Waals surface area contributed by atoms with Gasteiger partial charge in [-0.05, 0) is 32.9 Å². The first-order valence-electron chi connectivity index (χ1n) is 7.34. The number of esters is 1. The normalized spacial score (nSPS) is 23.1. The molecule has 0 amide bonds. The maximum absolute atomic E-state index is 12.2. The Balaban J connectivity index is 1.98. The molecule has 2 aliphatic heterocycles. The number of benzene rings is 1. The Morgan fingerprint density at radius 1 is 1.38 bits per heavy atom. The number of allylic oxidation sites excluding steroid dienone is 1. The summed E-state index contributed by atoms with van der Waals surface area (Å²) in [7, 11) is 0. The molecule has 2 heterocycles. The zero-order valence-corrected chi connectivity index (χ0v) is 12.6. The van der Waals surface area contributed by atoms with Crippen LogP contribution in [0.15, 0.2) is 35.6 Å². The number of para-hydroxylation sites is 2. The largest absolute Gasteiger partial charge is 0.472 e. The SMILES string of the molecule is CCOC(=O)C1=C(C)O[C@H]2[C@@H]1Nc1ccccc1N2CC. The van der Waals surface area contributed by atoms with Gasteiger partial charge >= 0.3 is 5.97 Å². The van der Waals surface area contributed by atoms with Crippen molar-refractivity contribution in [1.82, 2.24) is 0 Å². The predicted octanol–water partition coefficient (Wildman–Crippen LogP) is 2.50. The first-order chi connectivity index (χ1) is 10.2. The van der Waals surface area contributed by atoms with Gasteiger partial charge in [-0.2, -0.15) is 0 Å². The Hall–Kier alpha value is -2.17. The number of anilines is 2. The molecule has 3 rings (SSSR count). The maximum atomic E-state index is 12.2. The molecular formula is C16H20N2O3. The molecule has 0 radical (unpaired) electrons. The van der Waals surface area contributed by atoms with Gasteiger partial charge < -0.3 is 19.7 Å². The number of nitrogens with one attached hydrogen (secondary N) is 1. The van der Waals surface area contributed by atoms with Crippen LogP contribution >= 0.6 is 0 Å². The van der Waals surface area contributed by atoms with E-state index < -0.39 is 0 Å². The fraction of sp³-hybridized carbons (Fsp3) is 0.438. The highest BCUT2D eigenvalue weighted by molar-refractivity contribution is 5.93. The molecule has 5 nitrogen and oxygen atoms in total. The third-order valence-corrected chi connectivity index (χ3v) is 3.94. The van der Waals surface area contributed by atoms with Crippen LogP contribution in [0.1, 0.15) is 20.8 Å². The Labute approximate surface area is 124 Å². The number of likely N-dealkylation sites (N-methyl/N-ethyl adjacent to an activating group) is 1. The number of nitrogens with zero attached hydrogens (tertiary/aromatic N) is 1. The summed E-state index contributed by atoms with van der Waals surface area (Å²) in [5, 5.41) is 3.42. The molecule has 0 saturated carbocycles. The first kappa shape index (κ1) is 13.8. The summed E-state index contributed by atoms with van der Waals surface area (Å²) in [4.78, 5) is 14.4. The summed E-state index contributed by atoms with van der Waals surface area (Å²) in [6.07, 6.45) is -0.204. The molecule has 1 aromatic rings. The summed E-state index contributed by atoms with van der Waals surface area (Å²) < 4.78 is 11.1. The van der Waals surface area contributed by atoms with Crippen molar-refractivity contribution in [2.75, 3.05) is 23.4 Å². The molecular weight excluding hydrogens is 268 g/mol. The van der Waals surface area contributed by atoms with Gasteiger partial charge in [0.1, 0.15) is 17.4 Å². The Kier molecular flexibility index (Phi) is 3.49. The second kappa shape index (κ2) is 5.31. The van der Waals surface area contributed by atoms with Crippen LogP contribution in [0, 0.1) is 0 Å². The quantitative estimate of drug-likeness (QED) is 0.866. The highest BCUT2D eigenvalue weighted by atomic mass is 16.5. The van der Waals surface area contributed by atoms with Gasteiger partial charge in [-0.25, -0.2) is 4.79 Å². The van der Waals surface area contributed by atoms with E-state index in [1.807, 2.05) is 32.0 Å². The molecule has 2 atom stereocenters. The molecule has 5 heteroatoms. The Bertz CT molecular complexity index is 597. The molecule has 0 aliphatic carbocycles. The molecule has 0 fully saturated rings. The average Bonchev–Trinajstić information content (AvgIpc) is 2.80. The lowest BCUT2D eigenvalue weighted by Gasteiger charge is -2.40. The third kappa shape index (κ3) is 2.13. The molecule has 0 saturated heterocycles. The van der Waals surface area contributed by atoms with E-state index >= 15 is 0 Å². The zero-order valence-electron chi connectivity index (χ0n) is 12.6. The summed E-state index contributed by atoms with van der Waals surface area (Å²) >= 11 is 0. The van der Waals surface area contributed by atoms with Gasteiger partial charge in [-0.1, -0.05) is 12.1 Å². The van der Waals surface area contributed by atoms with Gasteiger partial charge in [-0.3, -0.25) is 0 Å². The smallest absolute Gasteiger partial charge is 0.339 e. The highest BCUT2D eigenvalue weighted by Gasteiger charge is 2.45. The second-order valence-electron chi connectivity index (χ2n) is 5.12. The molecule has 0 bridgehead atoms. The van der Waals surface area contributed by atoms with Crippen LogP contribution in [0.4, 0.5) is 11.4 Å². The van der Waals surface area contributed by atoms with Crippen LogP contribution in [0.25, 0.3) is 0 Å². The highest BCUT2D eigenvalue weighted by Crippen LogP contribution is 2.40. The topological polar surface area (TPSA) is 50.8 Å². The number of carbonyl (C=O) groups is 1. The molecule has 0 spiro atoms. The summed E-state index contributed by atoms with van der Waals surface area (Å²) in [6.45, 7) is 6.89.